The SMILES string of the molecule is Cl.O=C1CCC(N2Cc3cc(C4(O)CCNCC4)ccc3C2=O)C(=O)N1. The molecule has 4 rings (SSSR count). The lowest BCUT2D eigenvalue weighted by Crippen LogP contribution is -2.52. The second-order valence-corrected chi connectivity index (χ2v) is 7.05. The summed E-state index contributed by atoms with van der Waals surface area (Å²) < 4.78 is 0. The lowest BCUT2D eigenvalue weighted by atomic mass is 9.84. The number of hydrogen-bond donors (Lipinski definition) is 3. The molecule has 0 aromatic heterocycles. The zero-order chi connectivity index (χ0) is 17.6. The minimum Gasteiger partial charge on any atom is -0.385 e. The maximum Gasteiger partial charge on any atom is 0.255 e. The van der Waals surface area contributed by atoms with Crippen LogP contribution in [0.4, 0.5) is 0 Å². The van der Waals surface area contributed by atoms with E-state index < -0.39 is 17.6 Å². The third-order valence-corrected chi connectivity index (χ3v) is 5.49. The number of halogens is 1. The highest BCUT2D eigenvalue weighted by atomic mass is 35.5. The predicted octanol–water partition coefficient (Wildman–Crippen LogP) is 0.440. The minimum atomic E-state index is -0.870. The van der Waals surface area contributed by atoms with Gasteiger partial charge in [0.15, 0.2) is 0 Å². The van der Waals surface area contributed by atoms with Crippen molar-refractivity contribution in [2.75, 3.05) is 13.1 Å². The molecule has 1 atom stereocenters. The van der Waals surface area contributed by atoms with E-state index in [1.54, 1.807) is 6.07 Å². The van der Waals surface area contributed by atoms with E-state index in [1.165, 1.54) is 4.90 Å². The van der Waals surface area contributed by atoms with E-state index >= 15 is 0 Å². The first-order valence-electron chi connectivity index (χ1n) is 8.69. The molecule has 3 N–H and O–H groups in total. The van der Waals surface area contributed by atoms with Crippen molar-refractivity contribution in [3.05, 3.63) is 34.9 Å². The molecular weight excluding hydrogens is 358 g/mol. The Morgan fingerprint density at radius 1 is 1.15 bits per heavy atom. The molecule has 0 aliphatic carbocycles. The summed E-state index contributed by atoms with van der Waals surface area (Å²) in [6, 6.07) is 4.85. The normalized spacial score (nSPS) is 24.7. The number of nitrogens with one attached hydrogen (secondary N) is 2. The largest absolute Gasteiger partial charge is 0.385 e. The maximum atomic E-state index is 12.7. The van der Waals surface area contributed by atoms with E-state index in [0.29, 0.717) is 31.4 Å². The van der Waals surface area contributed by atoms with Crippen LogP contribution in [-0.2, 0) is 21.7 Å². The highest BCUT2D eigenvalue weighted by Crippen LogP contribution is 2.35. The predicted molar refractivity (Wildman–Crippen MR) is 95.7 cm³/mol. The molecular formula is C18H22ClN3O4. The van der Waals surface area contributed by atoms with Crippen molar-refractivity contribution in [1.82, 2.24) is 15.5 Å². The molecule has 0 spiro atoms. The van der Waals surface area contributed by atoms with Gasteiger partial charge < -0.3 is 15.3 Å². The fourth-order valence-electron chi connectivity index (χ4n) is 3.99. The molecule has 0 radical (unpaired) electrons. The first kappa shape index (κ1) is 18.8. The summed E-state index contributed by atoms with van der Waals surface area (Å²) in [6.07, 6.45) is 1.87. The summed E-state index contributed by atoms with van der Waals surface area (Å²) in [5.74, 6) is -0.885. The Morgan fingerprint density at radius 3 is 2.58 bits per heavy atom. The Bertz CT molecular complexity index is 761. The van der Waals surface area contributed by atoms with Gasteiger partial charge in [-0.1, -0.05) is 12.1 Å². The summed E-state index contributed by atoms with van der Waals surface area (Å²) in [7, 11) is 0. The van der Waals surface area contributed by atoms with Crippen LogP contribution in [0.25, 0.3) is 0 Å². The van der Waals surface area contributed by atoms with Gasteiger partial charge in [-0.15, -0.1) is 12.4 Å². The maximum absolute atomic E-state index is 12.7. The van der Waals surface area contributed by atoms with Crippen LogP contribution in [0.2, 0.25) is 0 Å². The van der Waals surface area contributed by atoms with Crippen LogP contribution in [0.5, 0.6) is 0 Å². The van der Waals surface area contributed by atoms with Crippen molar-refractivity contribution in [2.45, 2.75) is 43.9 Å². The summed E-state index contributed by atoms with van der Waals surface area (Å²) in [5, 5.41) is 16.4. The molecule has 3 heterocycles. The van der Waals surface area contributed by atoms with E-state index in [2.05, 4.69) is 10.6 Å². The summed E-state index contributed by atoms with van der Waals surface area (Å²) in [6.45, 7) is 1.85. The van der Waals surface area contributed by atoms with Crippen LogP contribution in [0.1, 0.15) is 47.2 Å². The standard InChI is InChI=1S/C18H21N3O4.ClH/c22-15-4-3-14(16(23)20-15)21-10-11-9-12(1-2-13(11)17(21)24)18(25)5-7-19-8-6-18;/h1-2,9,14,19,25H,3-8,10H2,(H,20,22,23);1H. The molecule has 0 saturated carbocycles. The minimum absolute atomic E-state index is 0. The lowest BCUT2D eigenvalue weighted by Gasteiger charge is -2.33. The summed E-state index contributed by atoms with van der Waals surface area (Å²) >= 11 is 0. The van der Waals surface area contributed by atoms with Gasteiger partial charge in [0.1, 0.15) is 6.04 Å². The molecule has 8 heteroatoms. The Hall–Kier alpha value is -1.96. The van der Waals surface area contributed by atoms with Crippen LogP contribution in [-0.4, -0.2) is 46.9 Å². The van der Waals surface area contributed by atoms with Crippen LogP contribution in [0.3, 0.4) is 0 Å². The Labute approximate surface area is 157 Å². The van der Waals surface area contributed by atoms with Gasteiger partial charge in [-0.2, -0.15) is 0 Å². The van der Waals surface area contributed by atoms with E-state index in [9.17, 15) is 19.5 Å². The fourth-order valence-corrected chi connectivity index (χ4v) is 3.99. The van der Waals surface area contributed by atoms with Crippen molar-refractivity contribution in [1.29, 1.82) is 0 Å². The van der Waals surface area contributed by atoms with Crippen LogP contribution in [0.15, 0.2) is 18.2 Å². The van der Waals surface area contributed by atoms with E-state index in [0.717, 1.165) is 24.2 Å². The number of benzene rings is 1. The Balaban J connectivity index is 0.00000196. The number of carbonyl (C=O) groups is 3. The third-order valence-electron chi connectivity index (χ3n) is 5.49. The molecule has 0 bridgehead atoms. The zero-order valence-electron chi connectivity index (χ0n) is 14.3. The number of hydrogen-bond acceptors (Lipinski definition) is 5. The summed E-state index contributed by atoms with van der Waals surface area (Å²) in [4.78, 5) is 37.6. The Kier molecular flexibility index (Phi) is 5.05. The average molecular weight is 380 g/mol. The van der Waals surface area contributed by atoms with Crippen LogP contribution >= 0.6 is 12.4 Å². The molecule has 26 heavy (non-hydrogen) atoms. The monoisotopic (exact) mass is 379 g/mol. The highest BCUT2D eigenvalue weighted by molar-refractivity contribution is 6.05. The zero-order valence-corrected chi connectivity index (χ0v) is 15.1. The molecule has 1 aromatic carbocycles. The van der Waals surface area contributed by atoms with Crippen LogP contribution in [0, 0.1) is 0 Å². The molecule has 140 valence electrons. The molecule has 2 saturated heterocycles. The first-order valence-corrected chi connectivity index (χ1v) is 8.69. The molecule has 1 aromatic rings. The number of carbonyl (C=O) groups excluding carboxylic acids is 3. The summed E-state index contributed by atoms with van der Waals surface area (Å²) in [5.41, 5.74) is 1.36. The molecule has 3 aliphatic rings. The average Bonchev–Trinajstić information content (AvgIpc) is 2.92. The van der Waals surface area contributed by atoms with Crippen molar-refractivity contribution in [3.63, 3.8) is 0 Å². The molecule has 7 nitrogen and oxygen atoms in total. The van der Waals surface area contributed by atoms with Crippen LogP contribution < -0.4 is 10.6 Å². The first-order chi connectivity index (χ1) is 12.0. The number of amides is 3. The number of imide groups is 1. The highest BCUT2D eigenvalue weighted by Gasteiger charge is 2.40. The number of fused-ring (bicyclic) bond motifs is 1. The molecule has 3 aliphatic heterocycles. The Morgan fingerprint density at radius 2 is 1.88 bits per heavy atom. The van der Waals surface area contributed by atoms with Gasteiger partial charge in [-0.25, -0.2) is 0 Å². The topological polar surface area (TPSA) is 98.7 Å². The van der Waals surface area contributed by atoms with E-state index in [-0.39, 0.29) is 30.6 Å². The van der Waals surface area contributed by atoms with Gasteiger partial charge in [0.25, 0.3) is 5.91 Å². The van der Waals surface area contributed by atoms with Gasteiger partial charge in [0.2, 0.25) is 11.8 Å². The van der Waals surface area contributed by atoms with Gasteiger partial charge in [-0.05, 0) is 49.5 Å². The van der Waals surface area contributed by atoms with Crippen molar-refractivity contribution in [2.24, 2.45) is 0 Å². The fraction of sp³-hybridized carbons (Fsp3) is 0.500. The van der Waals surface area contributed by atoms with Crippen molar-refractivity contribution < 1.29 is 19.5 Å². The van der Waals surface area contributed by atoms with Gasteiger partial charge >= 0.3 is 0 Å². The van der Waals surface area contributed by atoms with Crippen molar-refractivity contribution >= 4 is 30.1 Å². The second kappa shape index (κ2) is 6.98. The van der Waals surface area contributed by atoms with Gasteiger partial charge in [0.05, 0.1) is 5.60 Å². The van der Waals surface area contributed by atoms with E-state index in [4.69, 9.17) is 0 Å². The molecule has 2 fully saturated rings. The van der Waals surface area contributed by atoms with Gasteiger partial charge in [0, 0.05) is 18.5 Å². The number of aliphatic hydroxyl groups is 1. The number of rotatable bonds is 2. The van der Waals surface area contributed by atoms with Gasteiger partial charge in [-0.3, -0.25) is 19.7 Å². The van der Waals surface area contributed by atoms with Crippen molar-refractivity contribution in [3.8, 4) is 0 Å². The second-order valence-electron chi connectivity index (χ2n) is 7.05. The van der Waals surface area contributed by atoms with E-state index in [1.807, 2.05) is 12.1 Å². The lowest BCUT2D eigenvalue weighted by molar-refractivity contribution is -0.136. The number of piperidine rings is 2. The quantitative estimate of drug-likeness (QED) is 0.648. The molecule has 3 amide bonds. The smallest absolute Gasteiger partial charge is 0.255 e. The number of nitrogens with zero attached hydrogens (tertiary/aromatic N) is 1. The molecule has 1 unspecified atom stereocenters. The third kappa shape index (κ3) is 3.11.